The Labute approximate surface area is 121 Å². The van der Waals surface area contributed by atoms with Gasteiger partial charge >= 0.3 is 0 Å². The summed E-state index contributed by atoms with van der Waals surface area (Å²) in [6.07, 6.45) is 1.89. The number of aromatic nitrogens is 1. The molecule has 0 bridgehead atoms. The molecule has 1 aromatic heterocycles. The van der Waals surface area contributed by atoms with Crippen LogP contribution in [0, 0.1) is 0 Å². The zero-order valence-corrected chi connectivity index (χ0v) is 12.5. The number of ether oxygens (including phenoxy) is 1. The number of rotatable bonds is 5. The lowest BCUT2D eigenvalue weighted by atomic mass is 10.2. The molecule has 102 valence electrons. The van der Waals surface area contributed by atoms with Crippen LogP contribution in [0.3, 0.4) is 0 Å². The van der Waals surface area contributed by atoms with Crippen LogP contribution in [0.15, 0.2) is 18.2 Å². The molecule has 0 unspecified atom stereocenters. The van der Waals surface area contributed by atoms with Gasteiger partial charge in [-0.15, -0.1) is 11.3 Å². The molecule has 0 amide bonds. The van der Waals surface area contributed by atoms with Gasteiger partial charge in [-0.1, -0.05) is 24.9 Å². The average Bonchev–Trinajstić information content (AvgIpc) is 2.82. The number of aryl methyl sites for hydroxylation is 1. The Hall–Kier alpha value is -1.10. The highest BCUT2D eigenvalue weighted by Crippen LogP contribution is 2.36. The van der Waals surface area contributed by atoms with Crippen LogP contribution in [0.25, 0.3) is 10.6 Å². The topological polar surface area (TPSA) is 42.4 Å². The first-order chi connectivity index (χ1) is 9.19. The highest BCUT2D eigenvalue weighted by atomic mass is 35.5. The van der Waals surface area contributed by atoms with Crippen LogP contribution >= 0.6 is 22.9 Å². The monoisotopic (exact) mass is 297 g/mol. The minimum Gasteiger partial charge on any atom is -0.496 e. The van der Waals surface area contributed by atoms with Crippen molar-refractivity contribution in [2.45, 2.75) is 26.4 Å². The number of benzene rings is 1. The lowest BCUT2D eigenvalue weighted by molar-refractivity contribution is 0.284. The van der Waals surface area contributed by atoms with Crippen molar-refractivity contribution in [3.8, 4) is 16.3 Å². The second-order valence-corrected chi connectivity index (χ2v) is 5.66. The first-order valence-electron chi connectivity index (χ1n) is 6.13. The molecule has 0 aliphatic carbocycles. The molecule has 0 spiro atoms. The first-order valence-corrected chi connectivity index (χ1v) is 7.32. The highest BCUT2D eigenvalue weighted by Gasteiger charge is 2.14. The van der Waals surface area contributed by atoms with Crippen molar-refractivity contribution in [2.75, 3.05) is 7.11 Å². The zero-order valence-electron chi connectivity index (χ0n) is 10.9. The van der Waals surface area contributed by atoms with E-state index in [4.69, 9.17) is 16.3 Å². The van der Waals surface area contributed by atoms with E-state index in [1.807, 2.05) is 12.1 Å². The fourth-order valence-electron chi connectivity index (χ4n) is 1.90. The van der Waals surface area contributed by atoms with E-state index in [9.17, 15) is 5.11 Å². The Morgan fingerprint density at radius 1 is 1.42 bits per heavy atom. The largest absolute Gasteiger partial charge is 0.496 e. The molecule has 0 saturated heterocycles. The fourth-order valence-corrected chi connectivity index (χ4v) is 3.06. The van der Waals surface area contributed by atoms with Gasteiger partial charge in [-0.05, 0) is 24.6 Å². The molecule has 0 aliphatic rings. The number of aliphatic hydroxyl groups excluding tert-OH is 1. The highest BCUT2D eigenvalue weighted by molar-refractivity contribution is 7.15. The molecule has 1 N–H and O–H groups in total. The molecule has 0 fully saturated rings. The molecular formula is C14H16ClNO2S. The van der Waals surface area contributed by atoms with Crippen LogP contribution in [0.2, 0.25) is 5.02 Å². The maximum atomic E-state index is 9.39. The molecule has 19 heavy (non-hydrogen) atoms. The van der Waals surface area contributed by atoms with Gasteiger partial charge in [0.25, 0.3) is 0 Å². The van der Waals surface area contributed by atoms with Gasteiger partial charge in [-0.2, -0.15) is 0 Å². The van der Waals surface area contributed by atoms with Gasteiger partial charge in [0.05, 0.1) is 29.9 Å². The van der Waals surface area contributed by atoms with Gasteiger partial charge in [0.15, 0.2) is 0 Å². The van der Waals surface area contributed by atoms with E-state index in [1.165, 1.54) is 11.3 Å². The van der Waals surface area contributed by atoms with Crippen molar-refractivity contribution >= 4 is 22.9 Å². The third-order valence-electron chi connectivity index (χ3n) is 2.80. The van der Waals surface area contributed by atoms with E-state index in [0.29, 0.717) is 10.8 Å². The van der Waals surface area contributed by atoms with Gasteiger partial charge in [0.1, 0.15) is 10.8 Å². The van der Waals surface area contributed by atoms with Crippen LogP contribution < -0.4 is 4.74 Å². The summed E-state index contributed by atoms with van der Waals surface area (Å²) in [5.41, 5.74) is 1.89. The predicted octanol–water partition coefficient (Wildman–Crippen LogP) is 3.92. The molecular weight excluding hydrogens is 282 g/mol. The molecule has 0 atom stereocenters. The summed E-state index contributed by atoms with van der Waals surface area (Å²) in [6.45, 7) is 2.13. The number of hydrogen-bond acceptors (Lipinski definition) is 4. The molecule has 1 heterocycles. The van der Waals surface area contributed by atoms with E-state index in [2.05, 4.69) is 11.9 Å². The van der Waals surface area contributed by atoms with E-state index in [-0.39, 0.29) is 6.61 Å². The fraction of sp³-hybridized carbons (Fsp3) is 0.357. The summed E-state index contributed by atoms with van der Waals surface area (Å²) in [6, 6.07) is 5.49. The van der Waals surface area contributed by atoms with Crippen molar-refractivity contribution in [1.29, 1.82) is 0 Å². The zero-order chi connectivity index (χ0) is 13.8. The summed E-state index contributed by atoms with van der Waals surface area (Å²) in [5.74, 6) is 0.703. The standard InChI is InChI=1S/C14H16ClNO2S/c1-3-4-11-13(8-17)19-14(16-11)10-6-5-9(15)7-12(10)18-2/h5-7,17H,3-4,8H2,1-2H3. The number of halogens is 1. The summed E-state index contributed by atoms with van der Waals surface area (Å²) in [4.78, 5) is 5.54. The lowest BCUT2D eigenvalue weighted by Gasteiger charge is -2.05. The number of hydrogen-bond donors (Lipinski definition) is 1. The van der Waals surface area contributed by atoms with Gasteiger partial charge in [-0.25, -0.2) is 4.98 Å². The number of nitrogens with zero attached hydrogens (tertiary/aromatic N) is 1. The Kier molecular flexibility index (Phi) is 4.80. The number of thiazole rings is 1. The molecule has 1 aromatic carbocycles. The number of methoxy groups -OCH3 is 1. The Bertz CT molecular complexity index is 569. The van der Waals surface area contributed by atoms with E-state index in [0.717, 1.165) is 34.0 Å². The van der Waals surface area contributed by atoms with Crippen molar-refractivity contribution in [2.24, 2.45) is 0 Å². The van der Waals surface area contributed by atoms with E-state index in [1.54, 1.807) is 13.2 Å². The van der Waals surface area contributed by atoms with Gasteiger partial charge < -0.3 is 9.84 Å². The maximum absolute atomic E-state index is 9.39. The third kappa shape index (κ3) is 3.08. The molecule has 0 radical (unpaired) electrons. The molecule has 0 saturated carbocycles. The third-order valence-corrected chi connectivity index (χ3v) is 4.15. The van der Waals surface area contributed by atoms with Crippen molar-refractivity contribution in [3.05, 3.63) is 33.8 Å². The van der Waals surface area contributed by atoms with E-state index >= 15 is 0 Å². The summed E-state index contributed by atoms with van der Waals surface area (Å²) in [5, 5.41) is 10.9. The Morgan fingerprint density at radius 3 is 2.84 bits per heavy atom. The summed E-state index contributed by atoms with van der Waals surface area (Å²) < 4.78 is 5.34. The van der Waals surface area contributed by atoms with Crippen molar-refractivity contribution < 1.29 is 9.84 Å². The second-order valence-electron chi connectivity index (χ2n) is 4.14. The van der Waals surface area contributed by atoms with Gasteiger partial charge in [0, 0.05) is 5.02 Å². The van der Waals surface area contributed by atoms with Crippen molar-refractivity contribution in [3.63, 3.8) is 0 Å². The summed E-state index contributed by atoms with van der Waals surface area (Å²) >= 11 is 7.46. The van der Waals surface area contributed by atoms with Crippen molar-refractivity contribution in [1.82, 2.24) is 4.98 Å². The number of aliphatic hydroxyl groups is 1. The van der Waals surface area contributed by atoms with Crippen LogP contribution in [0.1, 0.15) is 23.9 Å². The van der Waals surface area contributed by atoms with Crippen LogP contribution in [-0.2, 0) is 13.0 Å². The summed E-state index contributed by atoms with van der Waals surface area (Å²) in [7, 11) is 1.61. The minimum atomic E-state index is 0.0307. The van der Waals surface area contributed by atoms with Gasteiger partial charge in [0.2, 0.25) is 0 Å². The minimum absolute atomic E-state index is 0.0307. The molecule has 0 aliphatic heterocycles. The Balaban J connectivity index is 2.46. The quantitative estimate of drug-likeness (QED) is 0.909. The molecule has 5 heteroatoms. The molecule has 3 nitrogen and oxygen atoms in total. The maximum Gasteiger partial charge on any atom is 0.130 e. The smallest absolute Gasteiger partial charge is 0.130 e. The van der Waals surface area contributed by atoms with Crippen LogP contribution in [0.5, 0.6) is 5.75 Å². The molecule has 2 aromatic rings. The van der Waals surface area contributed by atoms with Gasteiger partial charge in [-0.3, -0.25) is 0 Å². The second kappa shape index (κ2) is 6.37. The Morgan fingerprint density at radius 2 is 2.21 bits per heavy atom. The predicted molar refractivity (Wildman–Crippen MR) is 79.0 cm³/mol. The normalized spacial score (nSPS) is 10.7. The van der Waals surface area contributed by atoms with E-state index < -0.39 is 0 Å². The SMILES string of the molecule is CCCc1nc(-c2ccc(Cl)cc2OC)sc1CO. The van der Waals surface area contributed by atoms with Crippen LogP contribution in [0.4, 0.5) is 0 Å². The lowest BCUT2D eigenvalue weighted by Crippen LogP contribution is -1.90. The van der Waals surface area contributed by atoms with Crippen LogP contribution in [-0.4, -0.2) is 17.2 Å². The average molecular weight is 298 g/mol. The first kappa shape index (κ1) is 14.3. The molecule has 2 rings (SSSR count).